The molecule has 0 heterocycles. The van der Waals surface area contributed by atoms with Crippen molar-refractivity contribution in [2.24, 2.45) is 0 Å². The van der Waals surface area contributed by atoms with Gasteiger partial charge in [-0.05, 0) is 59.7 Å². The number of benzene rings is 4. The number of amides is 1. The van der Waals surface area contributed by atoms with Crippen LogP contribution in [0.1, 0.15) is 16.7 Å². The molecule has 0 saturated heterocycles. The summed E-state index contributed by atoms with van der Waals surface area (Å²) in [5.41, 5.74) is 2.38. The van der Waals surface area contributed by atoms with E-state index in [9.17, 15) is 14.4 Å². The molecule has 0 aromatic heterocycles. The molecule has 0 saturated carbocycles. The largest absolute Gasteiger partial charge is 0.493 e. The summed E-state index contributed by atoms with van der Waals surface area (Å²) in [4.78, 5) is 12.8. The molecule has 0 aliphatic heterocycles. The third-order valence-electron chi connectivity index (χ3n) is 5.65. The normalized spacial score (nSPS) is 10.9. The Hall–Kier alpha value is -4.61. The number of nitriles is 1. The second kappa shape index (κ2) is 13.3. The lowest BCUT2D eigenvalue weighted by atomic mass is 10.1. The average Bonchev–Trinajstić information content (AvgIpc) is 2.96. The van der Waals surface area contributed by atoms with Crippen LogP contribution in [0.15, 0.2) is 101 Å². The molecule has 0 atom stereocenters. The molecular formula is C31H24BrFN2O4. The van der Waals surface area contributed by atoms with E-state index in [-0.39, 0.29) is 18.0 Å². The number of methoxy groups -OCH3 is 1. The molecule has 6 nitrogen and oxygen atoms in total. The third kappa shape index (κ3) is 7.46. The predicted molar refractivity (Wildman–Crippen MR) is 151 cm³/mol. The van der Waals surface area contributed by atoms with Crippen LogP contribution >= 0.6 is 15.9 Å². The highest BCUT2D eigenvalue weighted by Gasteiger charge is 2.15. The average molecular weight is 587 g/mol. The summed E-state index contributed by atoms with van der Waals surface area (Å²) in [7, 11) is 1.47. The number of hydrogen-bond acceptors (Lipinski definition) is 5. The monoisotopic (exact) mass is 586 g/mol. The maximum atomic E-state index is 13.9. The number of ether oxygens (including phenoxy) is 3. The van der Waals surface area contributed by atoms with Crippen LogP contribution in [0, 0.1) is 17.1 Å². The Balaban J connectivity index is 1.43. The summed E-state index contributed by atoms with van der Waals surface area (Å²) in [6.07, 6.45) is 1.44. The summed E-state index contributed by atoms with van der Waals surface area (Å²) in [5.74, 6) is 0.462. The van der Waals surface area contributed by atoms with Gasteiger partial charge >= 0.3 is 0 Å². The zero-order chi connectivity index (χ0) is 27.6. The van der Waals surface area contributed by atoms with Gasteiger partial charge < -0.3 is 19.5 Å². The second-order valence-electron chi connectivity index (χ2n) is 8.33. The van der Waals surface area contributed by atoms with E-state index in [4.69, 9.17) is 14.2 Å². The summed E-state index contributed by atoms with van der Waals surface area (Å²) in [6.45, 7) is 0.436. The highest BCUT2D eigenvalue weighted by atomic mass is 79.9. The van der Waals surface area contributed by atoms with Crippen molar-refractivity contribution in [3.05, 3.63) is 124 Å². The number of rotatable bonds is 10. The van der Waals surface area contributed by atoms with E-state index in [1.807, 2.05) is 36.4 Å². The quantitative estimate of drug-likeness (QED) is 0.156. The van der Waals surface area contributed by atoms with Gasteiger partial charge in [-0.15, -0.1) is 0 Å². The first-order chi connectivity index (χ1) is 19.0. The number of halogens is 2. The Kier molecular flexibility index (Phi) is 9.33. The number of nitrogens with one attached hydrogen (secondary N) is 1. The minimum atomic E-state index is -0.568. The highest BCUT2D eigenvalue weighted by Crippen LogP contribution is 2.35. The number of nitrogens with zero attached hydrogens (tertiary/aromatic N) is 1. The van der Waals surface area contributed by atoms with Crippen LogP contribution in [-0.2, 0) is 18.0 Å². The molecular weight excluding hydrogens is 563 g/mol. The molecule has 1 amide bonds. The first-order valence-electron chi connectivity index (χ1n) is 11.9. The van der Waals surface area contributed by atoms with E-state index >= 15 is 0 Å². The van der Waals surface area contributed by atoms with Crippen LogP contribution in [0.5, 0.6) is 17.2 Å². The Bertz CT molecular complexity index is 1520. The van der Waals surface area contributed by atoms with Crippen LogP contribution in [0.2, 0.25) is 0 Å². The minimum Gasteiger partial charge on any atom is -0.493 e. The van der Waals surface area contributed by atoms with E-state index in [2.05, 4.69) is 21.2 Å². The lowest BCUT2D eigenvalue weighted by molar-refractivity contribution is -0.112. The molecule has 196 valence electrons. The van der Waals surface area contributed by atoms with E-state index in [0.717, 1.165) is 5.56 Å². The van der Waals surface area contributed by atoms with E-state index in [0.29, 0.717) is 45.1 Å². The SMILES string of the molecule is COc1cc(/C=C(\C#N)C(=O)Nc2ccc(OCc3ccccc3)cc2)c(Br)cc1OCc1ccccc1F. The van der Waals surface area contributed by atoms with Crippen molar-refractivity contribution in [1.82, 2.24) is 0 Å². The van der Waals surface area contributed by atoms with Gasteiger partial charge in [-0.2, -0.15) is 5.26 Å². The molecule has 8 heteroatoms. The van der Waals surface area contributed by atoms with Crippen LogP contribution in [-0.4, -0.2) is 13.0 Å². The standard InChI is InChI=1S/C31H24BrFN2O4/c1-37-29-16-23(27(32)17-30(29)39-20-22-9-5-6-10-28(22)33)15-24(18-34)31(36)35-25-11-13-26(14-12-25)38-19-21-7-3-2-4-8-21/h2-17H,19-20H2,1H3,(H,35,36)/b24-15+. The first kappa shape index (κ1) is 27.4. The fraction of sp³-hybridized carbons (Fsp3) is 0.0968. The maximum absolute atomic E-state index is 13.9. The second-order valence-corrected chi connectivity index (χ2v) is 9.18. The molecule has 1 N–H and O–H groups in total. The zero-order valence-corrected chi connectivity index (χ0v) is 22.6. The first-order valence-corrected chi connectivity index (χ1v) is 12.7. The molecule has 0 aliphatic carbocycles. The third-order valence-corrected chi connectivity index (χ3v) is 6.34. The summed E-state index contributed by atoms with van der Waals surface area (Å²) in [6, 6.07) is 28.2. The van der Waals surface area contributed by atoms with Gasteiger partial charge in [0.1, 0.15) is 36.4 Å². The Morgan fingerprint density at radius 3 is 2.36 bits per heavy atom. The number of carbonyl (C=O) groups excluding carboxylic acids is 1. The van der Waals surface area contributed by atoms with Crippen molar-refractivity contribution in [2.75, 3.05) is 12.4 Å². The van der Waals surface area contributed by atoms with Gasteiger partial charge in [0.05, 0.1) is 7.11 Å². The number of anilines is 1. The fourth-order valence-corrected chi connectivity index (χ4v) is 4.02. The van der Waals surface area contributed by atoms with Crippen molar-refractivity contribution in [3.63, 3.8) is 0 Å². The van der Waals surface area contributed by atoms with Crippen LogP contribution < -0.4 is 19.5 Å². The maximum Gasteiger partial charge on any atom is 0.266 e. The van der Waals surface area contributed by atoms with Gasteiger partial charge in [-0.3, -0.25) is 4.79 Å². The van der Waals surface area contributed by atoms with Gasteiger partial charge in [0, 0.05) is 15.7 Å². The molecule has 0 fully saturated rings. The molecule has 4 rings (SSSR count). The van der Waals surface area contributed by atoms with Crippen molar-refractivity contribution in [2.45, 2.75) is 13.2 Å². The number of hydrogen-bond donors (Lipinski definition) is 1. The van der Waals surface area contributed by atoms with E-state index in [1.165, 1.54) is 19.3 Å². The molecule has 0 spiro atoms. The Morgan fingerprint density at radius 1 is 0.949 bits per heavy atom. The minimum absolute atomic E-state index is 0.00654. The van der Waals surface area contributed by atoms with E-state index < -0.39 is 5.91 Å². The van der Waals surface area contributed by atoms with Gasteiger partial charge in [0.25, 0.3) is 5.91 Å². The summed E-state index contributed by atoms with van der Waals surface area (Å²) in [5, 5.41) is 12.4. The number of carbonyl (C=O) groups is 1. The van der Waals surface area contributed by atoms with Crippen LogP contribution in [0.25, 0.3) is 6.08 Å². The Labute approximate surface area is 234 Å². The van der Waals surface area contributed by atoms with Gasteiger partial charge in [0.2, 0.25) is 0 Å². The predicted octanol–water partition coefficient (Wildman–Crippen LogP) is 7.30. The van der Waals surface area contributed by atoms with Crippen LogP contribution in [0.4, 0.5) is 10.1 Å². The van der Waals surface area contributed by atoms with Gasteiger partial charge in [-0.1, -0.05) is 64.5 Å². The smallest absolute Gasteiger partial charge is 0.266 e. The fourth-order valence-electron chi connectivity index (χ4n) is 3.58. The van der Waals surface area contributed by atoms with E-state index in [1.54, 1.807) is 54.6 Å². The summed E-state index contributed by atoms with van der Waals surface area (Å²) < 4.78 is 31.5. The molecule has 4 aromatic rings. The molecule has 39 heavy (non-hydrogen) atoms. The van der Waals surface area contributed by atoms with Crippen molar-refractivity contribution < 1.29 is 23.4 Å². The lowest BCUT2D eigenvalue weighted by Crippen LogP contribution is -2.13. The Morgan fingerprint density at radius 2 is 1.67 bits per heavy atom. The molecule has 4 aromatic carbocycles. The van der Waals surface area contributed by atoms with Crippen molar-refractivity contribution in [1.29, 1.82) is 5.26 Å². The zero-order valence-electron chi connectivity index (χ0n) is 21.0. The molecule has 0 aliphatic rings. The van der Waals surface area contributed by atoms with Gasteiger partial charge in [-0.25, -0.2) is 4.39 Å². The van der Waals surface area contributed by atoms with Crippen molar-refractivity contribution >= 4 is 33.6 Å². The highest BCUT2D eigenvalue weighted by molar-refractivity contribution is 9.10. The summed E-state index contributed by atoms with van der Waals surface area (Å²) >= 11 is 3.46. The van der Waals surface area contributed by atoms with Gasteiger partial charge in [0.15, 0.2) is 11.5 Å². The molecule has 0 unspecified atom stereocenters. The van der Waals surface area contributed by atoms with Crippen molar-refractivity contribution in [3.8, 4) is 23.3 Å². The van der Waals surface area contributed by atoms with Crippen LogP contribution in [0.3, 0.4) is 0 Å². The lowest BCUT2D eigenvalue weighted by Gasteiger charge is -2.13. The molecule has 0 radical (unpaired) electrons. The molecule has 0 bridgehead atoms. The topological polar surface area (TPSA) is 80.6 Å².